The highest BCUT2D eigenvalue weighted by Crippen LogP contribution is 2.20. The molecule has 2 atom stereocenters. The average molecular weight is 1000 g/mol. The Labute approximate surface area is 448 Å². The lowest BCUT2D eigenvalue weighted by molar-refractivity contribution is -0.123. The first-order chi connectivity index (χ1) is 35.2. The Hall–Kier alpha value is -0.610. The highest BCUT2D eigenvalue weighted by molar-refractivity contribution is 5.76. The molecule has 0 rings (SSSR count). The summed E-state index contributed by atoms with van der Waals surface area (Å²) in [6.45, 7) is 4.42. The molecule has 0 saturated heterocycles. The van der Waals surface area contributed by atoms with Crippen molar-refractivity contribution in [2.75, 3.05) is 6.61 Å². The van der Waals surface area contributed by atoms with Gasteiger partial charge < -0.3 is 15.5 Å². The van der Waals surface area contributed by atoms with Crippen molar-refractivity contribution in [3.05, 3.63) is 0 Å². The zero-order chi connectivity index (χ0) is 51.3. The third-order valence-electron chi connectivity index (χ3n) is 16.4. The zero-order valence-corrected chi connectivity index (χ0v) is 49.3. The number of amides is 1. The molecule has 4 nitrogen and oxygen atoms in total. The molecule has 0 aromatic rings. The van der Waals surface area contributed by atoms with Gasteiger partial charge in [0.2, 0.25) is 5.91 Å². The maximum Gasteiger partial charge on any atom is 0.220 e. The maximum atomic E-state index is 12.5. The van der Waals surface area contributed by atoms with E-state index in [0.717, 1.165) is 25.7 Å². The Morgan fingerprint density at radius 2 is 0.451 bits per heavy atom. The summed E-state index contributed by atoms with van der Waals surface area (Å²) in [5, 5.41) is 23.5. The topological polar surface area (TPSA) is 69.6 Å². The number of aliphatic hydroxyl groups is 2. The molecule has 0 bridgehead atoms. The number of hydrogen-bond donors (Lipinski definition) is 3. The van der Waals surface area contributed by atoms with Crippen LogP contribution < -0.4 is 5.32 Å². The molecule has 0 saturated carbocycles. The van der Waals surface area contributed by atoms with Crippen molar-refractivity contribution in [2.24, 2.45) is 0 Å². The molecule has 4 heteroatoms. The predicted molar refractivity (Wildman–Crippen MR) is 318 cm³/mol. The Balaban J connectivity index is 3.36. The van der Waals surface area contributed by atoms with E-state index in [1.165, 1.54) is 353 Å². The Morgan fingerprint density at radius 1 is 0.282 bits per heavy atom. The number of unbranched alkanes of at least 4 members (excludes halogenated alkanes) is 57. The highest BCUT2D eigenvalue weighted by Gasteiger charge is 2.20. The van der Waals surface area contributed by atoms with Crippen LogP contribution in [0.25, 0.3) is 0 Å². The summed E-state index contributed by atoms with van der Waals surface area (Å²) >= 11 is 0. The molecule has 2 unspecified atom stereocenters. The van der Waals surface area contributed by atoms with Gasteiger partial charge in [-0.25, -0.2) is 0 Å². The third kappa shape index (κ3) is 60.1. The van der Waals surface area contributed by atoms with E-state index >= 15 is 0 Å². The lowest BCUT2D eigenvalue weighted by atomic mass is 10.0. The number of aliphatic hydroxyl groups excluding tert-OH is 2. The zero-order valence-electron chi connectivity index (χ0n) is 49.3. The van der Waals surface area contributed by atoms with Crippen molar-refractivity contribution in [1.82, 2.24) is 5.32 Å². The summed E-state index contributed by atoms with van der Waals surface area (Å²) in [7, 11) is 0. The van der Waals surface area contributed by atoms with Crippen molar-refractivity contribution < 1.29 is 15.0 Å². The van der Waals surface area contributed by atoms with Gasteiger partial charge in [-0.15, -0.1) is 0 Å². The standard InChI is InChI=1S/C67H135NO3/c1-3-5-7-9-11-13-15-17-19-21-23-25-27-29-31-32-33-34-35-37-39-41-43-45-47-49-51-53-55-57-59-61-63-67(71)68-65(64-69)66(70)62-60-58-56-54-52-50-48-46-44-42-40-38-36-30-28-26-24-22-20-18-16-14-12-10-8-6-4-2/h65-66,69-70H,3-64H2,1-2H3,(H,68,71). The molecular weight excluding hydrogens is 867 g/mol. The molecule has 0 radical (unpaired) electrons. The Kier molecular flexibility index (Phi) is 63.1. The van der Waals surface area contributed by atoms with Crippen molar-refractivity contribution in [1.29, 1.82) is 0 Å². The second-order valence-electron chi connectivity index (χ2n) is 23.6. The summed E-state index contributed by atoms with van der Waals surface area (Å²) in [6, 6.07) is -0.533. The van der Waals surface area contributed by atoms with Gasteiger partial charge in [0.25, 0.3) is 0 Å². The van der Waals surface area contributed by atoms with E-state index in [9.17, 15) is 15.0 Å². The second-order valence-corrected chi connectivity index (χ2v) is 23.6. The summed E-state index contributed by atoms with van der Waals surface area (Å²) in [5.41, 5.74) is 0. The molecular formula is C67H135NO3. The number of carbonyl (C=O) groups excluding carboxylic acids is 1. The van der Waals surface area contributed by atoms with Gasteiger partial charge in [-0.2, -0.15) is 0 Å². The fourth-order valence-corrected chi connectivity index (χ4v) is 11.3. The number of hydrogen-bond acceptors (Lipinski definition) is 3. The first-order valence-corrected chi connectivity index (χ1v) is 33.7. The van der Waals surface area contributed by atoms with E-state index in [2.05, 4.69) is 19.2 Å². The molecule has 426 valence electrons. The van der Waals surface area contributed by atoms with Crippen LogP contribution in [0.1, 0.15) is 406 Å². The van der Waals surface area contributed by atoms with Crippen LogP contribution in [0.3, 0.4) is 0 Å². The normalized spacial score (nSPS) is 12.6. The summed E-state index contributed by atoms with van der Waals surface area (Å²) in [4.78, 5) is 12.5. The first kappa shape index (κ1) is 70.4. The van der Waals surface area contributed by atoms with Crippen LogP contribution in [-0.2, 0) is 4.79 Å². The fourth-order valence-electron chi connectivity index (χ4n) is 11.3. The largest absolute Gasteiger partial charge is 0.394 e. The molecule has 0 aromatic carbocycles. The van der Waals surface area contributed by atoms with Crippen LogP contribution in [0.15, 0.2) is 0 Å². The van der Waals surface area contributed by atoms with E-state index in [1.807, 2.05) is 0 Å². The quantitative estimate of drug-likeness (QED) is 0.0532. The first-order valence-electron chi connectivity index (χ1n) is 33.7. The second kappa shape index (κ2) is 63.7. The van der Waals surface area contributed by atoms with Crippen molar-refractivity contribution in [3.63, 3.8) is 0 Å². The van der Waals surface area contributed by atoms with Crippen LogP contribution in [0.5, 0.6) is 0 Å². The van der Waals surface area contributed by atoms with Crippen molar-refractivity contribution in [2.45, 2.75) is 418 Å². The van der Waals surface area contributed by atoms with E-state index < -0.39 is 12.1 Å². The Bertz CT molecular complexity index is 956. The van der Waals surface area contributed by atoms with Gasteiger partial charge in [-0.3, -0.25) is 4.79 Å². The molecule has 0 heterocycles. The van der Waals surface area contributed by atoms with E-state index in [4.69, 9.17) is 0 Å². The lowest BCUT2D eigenvalue weighted by Crippen LogP contribution is -2.45. The van der Waals surface area contributed by atoms with Gasteiger partial charge in [0.1, 0.15) is 0 Å². The smallest absolute Gasteiger partial charge is 0.220 e. The minimum Gasteiger partial charge on any atom is -0.394 e. The maximum absolute atomic E-state index is 12.5. The summed E-state index contributed by atoms with van der Waals surface area (Å²) in [6.07, 6.45) is 83.0. The molecule has 0 aliphatic rings. The monoisotopic (exact) mass is 1000 g/mol. The molecule has 0 aromatic heterocycles. The summed E-state index contributed by atoms with van der Waals surface area (Å²) < 4.78 is 0. The molecule has 0 spiro atoms. The van der Waals surface area contributed by atoms with E-state index in [1.54, 1.807) is 0 Å². The molecule has 3 N–H and O–H groups in total. The SMILES string of the molecule is CCCCCCCCCCCCCCCCCCCCCCCCCCCCCCCCCCC(=O)NC(CO)C(O)CCCCCCCCCCCCCCCCCCCCCCCCCCCCC. The minimum absolute atomic E-state index is 0.0195. The Morgan fingerprint density at radius 3 is 0.634 bits per heavy atom. The number of carbonyl (C=O) groups is 1. The van der Waals surface area contributed by atoms with Gasteiger partial charge in [0.05, 0.1) is 18.8 Å². The van der Waals surface area contributed by atoms with Crippen LogP contribution in [0, 0.1) is 0 Å². The third-order valence-corrected chi connectivity index (χ3v) is 16.4. The fraction of sp³-hybridized carbons (Fsp3) is 0.985. The molecule has 0 aliphatic heterocycles. The van der Waals surface area contributed by atoms with Crippen LogP contribution in [0.2, 0.25) is 0 Å². The molecule has 0 aliphatic carbocycles. The lowest BCUT2D eigenvalue weighted by Gasteiger charge is -2.22. The van der Waals surface area contributed by atoms with Gasteiger partial charge in [-0.1, -0.05) is 386 Å². The van der Waals surface area contributed by atoms with Gasteiger partial charge >= 0.3 is 0 Å². The van der Waals surface area contributed by atoms with Crippen LogP contribution in [-0.4, -0.2) is 34.9 Å². The van der Waals surface area contributed by atoms with Gasteiger partial charge in [-0.05, 0) is 12.8 Å². The van der Waals surface area contributed by atoms with Gasteiger partial charge in [0.15, 0.2) is 0 Å². The molecule has 71 heavy (non-hydrogen) atoms. The van der Waals surface area contributed by atoms with Crippen molar-refractivity contribution >= 4 is 5.91 Å². The number of nitrogens with one attached hydrogen (secondary N) is 1. The predicted octanol–water partition coefficient (Wildman–Crippen LogP) is 22.7. The van der Waals surface area contributed by atoms with Gasteiger partial charge in [0, 0.05) is 6.42 Å². The summed E-state index contributed by atoms with van der Waals surface area (Å²) in [5.74, 6) is -0.0195. The van der Waals surface area contributed by atoms with Crippen LogP contribution in [0.4, 0.5) is 0 Å². The average Bonchev–Trinajstić information content (AvgIpc) is 3.37. The van der Waals surface area contributed by atoms with Crippen molar-refractivity contribution in [3.8, 4) is 0 Å². The molecule has 0 fully saturated rings. The molecule has 1 amide bonds. The van der Waals surface area contributed by atoms with Crippen LogP contribution >= 0.6 is 0 Å². The minimum atomic E-state index is -0.656. The number of rotatable bonds is 64. The van der Waals surface area contributed by atoms with E-state index in [-0.39, 0.29) is 12.5 Å². The van der Waals surface area contributed by atoms with E-state index in [0.29, 0.717) is 12.8 Å². The highest BCUT2D eigenvalue weighted by atomic mass is 16.3.